The Labute approximate surface area is 119 Å². The molecule has 1 unspecified atom stereocenters. The van der Waals surface area contributed by atoms with Crippen molar-refractivity contribution >= 4 is 17.5 Å². The first-order chi connectivity index (χ1) is 9.20. The third-order valence-electron chi connectivity index (χ3n) is 3.71. The number of hydrogen-bond donors (Lipinski definition) is 2. The third-order valence-corrected chi connectivity index (χ3v) is 3.96. The van der Waals surface area contributed by atoms with E-state index in [1.54, 1.807) is 0 Å². The van der Waals surface area contributed by atoms with Gasteiger partial charge >= 0.3 is 0 Å². The second kappa shape index (κ2) is 6.92. The number of carbonyl (C=O) groups excluding carboxylic acids is 1. The Morgan fingerprint density at radius 1 is 1.37 bits per heavy atom. The first kappa shape index (κ1) is 14.4. The zero-order chi connectivity index (χ0) is 13.7. The second-order valence-corrected chi connectivity index (χ2v) is 5.48. The van der Waals surface area contributed by atoms with Crippen LogP contribution in [0.1, 0.15) is 37.8 Å². The van der Waals surface area contributed by atoms with Crippen LogP contribution in [0.5, 0.6) is 0 Å². The first-order valence-corrected chi connectivity index (χ1v) is 7.35. The van der Waals surface area contributed by atoms with Crippen molar-refractivity contribution in [1.29, 1.82) is 0 Å². The lowest BCUT2D eigenvalue weighted by molar-refractivity contribution is -0.126. The number of piperidine rings is 1. The summed E-state index contributed by atoms with van der Waals surface area (Å²) in [6, 6.07) is 7.80. The summed E-state index contributed by atoms with van der Waals surface area (Å²) in [5.41, 5.74) is 1.12. The topological polar surface area (TPSA) is 41.1 Å². The molecule has 19 heavy (non-hydrogen) atoms. The molecule has 1 fully saturated rings. The van der Waals surface area contributed by atoms with Gasteiger partial charge in [-0.3, -0.25) is 4.79 Å². The number of halogens is 1. The van der Waals surface area contributed by atoms with Gasteiger partial charge in [0.25, 0.3) is 0 Å². The van der Waals surface area contributed by atoms with Crippen molar-refractivity contribution in [2.75, 3.05) is 13.1 Å². The summed E-state index contributed by atoms with van der Waals surface area (Å²) in [6.45, 7) is 3.97. The van der Waals surface area contributed by atoms with Crippen molar-refractivity contribution in [3.8, 4) is 0 Å². The number of hydrogen-bond acceptors (Lipinski definition) is 2. The van der Waals surface area contributed by atoms with E-state index >= 15 is 0 Å². The van der Waals surface area contributed by atoms with E-state index in [0.29, 0.717) is 0 Å². The number of carbonyl (C=O) groups is 1. The fourth-order valence-corrected chi connectivity index (χ4v) is 2.62. The van der Waals surface area contributed by atoms with Gasteiger partial charge in [0.1, 0.15) is 0 Å². The molecule has 0 aromatic heterocycles. The van der Waals surface area contributed by atoms with E-state index in [4.69, 9.17) is 11.6 Å². The minimum atomic E-state index is 0.0830. The van der Waals surface area contributed by atoms with Gasteiger partial charge < -0.3 is 10.6 Å². The quantitative estimate of drug-likeness (QED) is 0.890. The van der Waals surface area contributed by atoms with Gasteiger partial charge in [0.05, 0.1) is 6.04 Å². The Kier molecular flexibility index (Phi) is 5.23. The fourth-order valence-electron chi connectivity index (χ4n) is 2.49. The molecule has 0 saturated carbocycles. The van der Waals surface area contributed by atoms with Crippen LogP contribution in [-0.2, 0) is 4.79 Å². The predicted molar refractivity (Wildman–Crippen MR) is 78.2 cm³/mol. The SMILES string of the molecule is CCC(NC(=O)C1CCNCC1)c1ccc(Cl)cc1. The van der Waals surface area contributed by atoms with Crippen LogP contribution in [0, 0.1) is 5.92 Å². The number of nitrogens with one attached hydrogen (secondary N) is 2. The molecule has 1 amide bonds. The van der Waals surface area contributed by atoms with E-state index < -0.39 is 0 Å². The normalized spacial score (nSPS) is 18.0. The summed E-state index contributed by atoms with van der Waals surface area (Å²) in [7, 11) is 0. The van der Waals surface area contributed by atoms with Crippen molar-refractivity contribution in [2.45, 2.75) is 32.2 Å². The van der Waals surface area contributed by atoms with Crippen LogP contribution in [0.3, 0.4) is 0 Å². The second-order valence-electron chi connectivity index (χ2n) is 5.05. The molecule has 0 radical (unpaired) electrons. The van der Waals surface area contributed by atoms with Gasteiger partial charge in [-0.1, -0.05) is 30.7 Å². The van der Waals surface area contributed by atoms with Crippen LogP contribution < -0.4 is 10.6 Å². The van der Waals surface area contributed by atoms with E-state index in [2.05, 4.69) is 17.6 Å². The van der Waals surface area contributed by atoms with Crippen LogP contribution in [0.4, 0.5) is 0 Å². The average molecular weight is 281 g/mol. The maximum Gasteiger partial charge on any atom is 0.223 e. The standard InChI is InChI=1S/C15H21ClN2O/c1-2-14(11-3-5-13(16)6-4-11)18-15(19)12-7-9-17-10-8-12/h3-6,12,14,17H,2,7-10H2,1H3,(H,18,19). The summed E-state index contributed by atoms with van der Waals surface area (Å²) < 4.78 is 0. The summed E-state index contributed by atoms with van der Waals surface area (Å²) in [4.78, 5) is 12.2. The van der Waals surface area contributed by atoms with Crippen LogP contribution >= 0.6 is 11.6 Å². The molecule has 1 atom stereocenters. The molecule has 0 bridgehead atoms. The largest absolute Gasteiger partial charge is 0.349 e. The summed E-state index contributed by atoms with van der Waals surface area (Å²) in [5.74, 6) is 0.339. The summed E-state index contributed by atoms with van der Waals surface area (Å²) in [5, 5.41) is 7.17. The highest BCUT2D eigenvalue weighted by Crippen LogP contribution is 2.21. The zero-order valence-electron chi connectivity index (χ0n) is 11.3. The van der Waals surface area contributed by atoms with Crippen molar-refractivity contribution in [1.82, 2.24) is 10.6 Å². The number of rotatable bonds is 4. The molecule has 104 valence electrons. The van der Waals surface area contributed by atoms with Crippen LogP contribution in [0.15, 0.2) is 24.3 Å². The van der Waals surface area contributed by atoms with E-state index in [-0.39, 0.29) is 17.9 Å². The monoisotopic (exact) mass is 280 g/mol. The van der Waals surface area contributed by atoms with Crippen LogP contribution in [-0.4, -0.2) is 19.0 Å². The smallest absolute Gasteiger partial charge is 0.223 e. The maximum absolute atomic E-state index is 12.2. The van der Waals surface area contributed by atoms with Crippen LogP contribution in [0.25, 0.3) is 0 Å². The molecule has 1 aromatic rings. The van der Waals surface area contributed by atoms with E-state index in [1.807, 2.05) is 24.3 Å². The molecule has 1 aliphatic heterocycles. The lowest BCUT2D eigenvalue weighted by Crippen LogP contribution is -2.39. The first-order valence-electron chi connectivity index (χ1n) is 6.97. The van der Waals surface area contributed by atoms with Crippen molar-refractivity contribution < 1.29 is 4.79 Å². The van der Waals surface area contributed by atoms with Gasteiger partial charge in [0, 0.05) is 10.9 Å². The Bertz CT molecular complexity index is 413. The lowest BCUT2D eigenvalue weighted by Gasteiger charge is -2.25. The highest BCUT2D eigenvalue weighted by molar-refractivity contribution is 6.30. The molecule has 0 aliphatic carbocycles. The Morgan fingerprint density at radius 2 is 2.00 bits per heavy atom. The molecule has 4 heteroatoms. The predicted octanol–water partition coefficient (Wildman–Crippen LogP) is 2.91. The van der Waals surface area contributed by atoms with Gasteiger partial charge in [-0.2, -0.15) is 0 Å². The van der Waals surface area contributed by atoms with Crippen molar-refractivity contribution in [2.24, 2.45) is 5.92 Å². The van der Waals surface area contributed by atoms with E-state index in [9.17, 15) is 4.79 Å². The van der Waals surface area contributed by atoms with Gasteiger partial charge in [-0.25, -0.2) is 0 Å². The molecular weight excluding hydrogens is 260 g/mol. The van der Waals surface area contributed by atoms with Gasteiger partial charge in [-0.05, 0) is 50.0 Å². The molecular formula is C15H21ClN2O. The lowest BCUT2D eigenvalue weighted by atomic mass is 9.96. The van der Waals surface area contributed by atoms with Crippen molar-refractivity contribution in [3.63, 3.8) is 0 Å². The highest BCUT2D eigenvalue weighted by Gasteiger charge is 2.23. The highest BCUT2D eigenvalue weighted by atomic mass is 35.5. The van der Waals surface area contributed by atoms with Gasteiger partial charge in [0.15, 0.2) is 0 Å². The molecule has 3 nitrogen and oxygen atoms in total. The van der Waals surface area contributed by atoms with Gasteiger partial charge in [0.2, 0.25) is 5.91 Å². The maximum atomic E-state index is 12.2. The van der Waals surface area contributed by atoms with Crippen LogP contribution in [0.2, 0.25) is 5.02 Å². The molecule has 1 saturated heterocycles. The molecule has 1 heterocycles. The Morgan fingerprint density at radius 3 is 2.58 bits per heavy atom. The zero-order valence-corrected chi connectivity index (χ0v) is 12.0. The minimum absolute atomic E-state index is 0.0830. The molecule has 0 spiro atoms. The molecule has 2 rings (SSSR count). The number of benzene rings is 1. The van der Waals surface area contributed by atoms with E-state index in [0.717, 1.165) is 42.9 Å². The summed E-state index contributed by atoms with van der Waals surface area (Å²) >= 11 is 5.89. The number of amides is 1. The molecule has 2 N–H and O–H groups in total. The van der Waals surface area contributed by atoms with Crippen molar-refractivity contribution in [3.05, 3.63) is 34.9 Å². The molecule has 1 aromatic carbocycles. The van der Waals surface area contributed by atoms with E-state index in [1.165, 1.54) is 0 Å². The Hall–Kier alpha value is -1.06. The van der Waals surface area contributed by atoms with Gasteiger partial charge in [-0.15, -0.1) is 0 Å². The third kappa shape index (κ3) is 3.95. The molecule has 1 aliphatic rings. The Balaban J connectivity index is 1.98. The summed E-state index contributed by atoms with van der Waals surface area (Å²) in [6.07, 6.45) is 2.75. The fraction of sp³-hybridized carbons (Fsp3) is 0.533. The average Bonchev–Trinajstić information content (AvgIpc) is 2.46. The minimum Gasteiger partial charge on any atom is -0.349 e.